The third-order valence-corrected chi connectivity index (χ3v) is 3.05. The maximum Gasteiger partial charge on any atom is -0.412 e. The number of hydrogen-bond acceptors (Lipinski definition) is 0. The van der Waals surface area contributed by atoms with Crippen molar-refractivity contribution in [3.63, 3.8) is 0 Å². The van der Waals surface area contributed by atoms with Crippen molar-refractivity contribution < 1.29 is 5.48 Å². The summed E-state index contributed by atoms with van der Waals surface area (Å²) in [5, 5.41) is 0. The normalized spacial score (nSPS) is 9.09. The van der Waals surface area contributed by atoms with Gasteiger partial charge in [-0.15, -0.1) is 0 Å². The van der Waals surface area contributed by atoms with Gasteiger partial charge in [0, 0.05) is 0 Å². The molecule has 0 aliphatic heterocycles. The molecule has 0 aliphatic carbocycles. The molecule has 0 spiro atoms. The molecule has 60 valence electrons. The topological polar surface area (TPSA) is 31.5 Å². The van der Waals surface area contributed by atoms with Crippen LogP contribution in [0.1, 0.15) is 16.7 Å². The van der Waals surface area contributed by atoms with Crippen molar-refractivity contribution in [3.8, 4) is 0 Å². The van der Waals surface area contributed by atoms with Crippen molar-refractivity contribution in [3.05, 3.63) is 28.8 Å². The van der Waals surface area contributed by atoms with E-state index in [0.717, 1.165) is 0 Å². The average molecular weight is 212 g/mol. The Balaban J connectivity index is 0.000001000. The molecule has 2 N–H and O–H groups in total. The summed E-state index contributed by atoms with van der Waals surface area (Å²) in [6, 6.07) is 4.31. The predicted octanol–water partition coefficient (Wildman–Crippen LogP) is 0.581. The van der Waals surface area contributed by atoms with E-state index >= 15 is 0 Å². The van der Waals surface area contributed by atoms with E-state index in [9.17, 15) is 0 Å². The molecule has 0 saturated carbocycles. The van der Waals surface area contributed by atoms with Crippen molar-refractivity contribution in [1.29, 1.82) is 0 Å². The van der Waals surface area contributed by atoms with Crippen LogP contribution in [0.25, 0.3) is 0 Å². The SMILES string of the molecule is Cc1ccc([As])c(C)c1C.O. The number of aryl methyl sites for hydroxylation is 1. The fourth-order valence-electron chi connectivity index (χ4n) is 0.942. The van der Waals surface area contributed by atoms with Crippen molar-refractivity contribution in [2.45, 2.75) is 20.8 Å². The second kappa shape index (κ2) is 3.94. The quantitative estimate of drug-likeness (QED) is 0.563. The summed E-state index contributed by atoms with van der Waals surface area (Å²) in [5.41, 5.74) is 4.20. The molecule has 2 heteroatoms. The minimum Gasteiger partial charge on any atom is -0.412 e. The summed E-state index contributed by atoms with van der Waals surface area (Å²) in [7, 11) is 0. The van der Waals surface area contributed by atoms with Crippen LogP contribution in [0, 0.1) is 20.8 Å². The smallest absolute Gasteiger partial charge is 0.412 e. The molecule has 11 heavy (non-hydrogen) atoms. The zero-order valence-electron chi connectivity index (χ0n) is 7.10. The Kier molecular flexibility index (Phi) is 3.85. The molecule has 0 heterocycles. The molecule has 0 bridgehead atoms. The first-order valence-electron chi connectivity index (χ1n) is 3.38. The molecule has 0 aliphatic rings. The Hall–Kier alpha value is -0.262. The van der Waals surface area contributed by atoms with Gasteiger partial charge >= 0.3 is 70.8 Å². The molecule has 1 aromatic carbocycles. The van der Waals surface area contributed by atoms with Gasteiger partial charge in [0.1, 0.15) is 0 Å². The van der Waals surface area contributed by atoms with E-state index < -0.39 is 0 Å². The first kappa shape index (κ1) is 10.7. The van der Waals surface area contributed by atoms with Crippen LogP contribution in [0.3, 0.4) is 0 Å². The van der Waals surface area contributed by atoms with Crippen LogP contribution in [0.4, 0.5) is 0 Å². The zero-order chi connectivity index (χ0) is 7.72. The van der Waals surface area contributed by atoms with Crippen molar-refractivity contribution in [1.82, 2.24) is 0 Å². The average Bonchev–Trinajstić information content (AvgIpc) is 1.93. The molecule has 0 unspecified atom stereocenters. The molecule has 1 nitrogen and oxygen atoms in total. The summed E-state index contributed by atoms with van der Waals surface area (Å²) >= 11 is 2.60. The van der Waals surface area contributed by atoms with E-state index in [-0.39, 0.29) is 5.48 Å². The van der Waals surface area contributed by atoms with E-state index in [0.29, 0.717) is 0 Å². The van der Waals surface area contributed by atoms with Gasteiger partial charge in [-0.1, -0.05) is 0 Å². The molecule has 0 atom stereocenters. The largest absolute Gasteiger partial charge is 0.412 e. The molecule has 0 aromatic heterocycles. The van der Waals surface area contributed by atoms with Gasteiger partial charge in [0.25, 0.3) is 0 Å². The second-order valence-corrected chi connectivity index (χ2v) is 3.66. The van der Waals surface area contributed by atoms with Crippen molar-refractivity contribution in [2.24, 2.45) is 0 Å². The monoisotopic (exact) mass is 212 g/mol. The van der Waals surface area contributed by atoms with Gasteiger partial charge in [0.15, 0.2) is 0 Å². The van der Waals surface area contributed by atoms with E-state index in [1.807, 2.05) is 0 Å². The van der Waals surface area contributed by atoms with E-state index in [2.05, 4.69) is 49.8 Å². The number of benzene rings is 1. The Morgan fingerprint density at radius 1 is 1.00 bits per heavy atom. The molecule has 2 radical (unpaired) electrons. The van der Waals surface area contributed by atoms with Crippen molar-refractivity contribution in [2.75, 3.05) is 0 Å². The minimum absolute atomic E-state index is 0. The third-order valence-electron chi connectivity index (χ3n) is 2.03. The maximum absolute atomic E-state index is 2.60. The molecule has 0 saturated heterocycles. The summed E-state index contributed by atoms with van der Waals surface area (Å²) in [6.07, 6.45) is 0. The molecule has 0 amide bonds. The third kappa shape index (κ3) is 2.08. The number of hydrogen-bond donors (Lipinski definition) is 0. The molecule has 0 fully saturated rings. The first-order valence-corrected chi connectivity index (χ1v) is 4.32. The van der Waals surface area contributed by atoms with Gasteiger partial charge in [-0.25, -0.2) is 0 Å². The Bertz CT molecular complexity index is 229. The molecule has 1 aromatic rings. The zero-order valence-corrected chi connectivity index (χ0v) is 8.98. The fraction of sp³-hybridized carbons (Fsp3) is 0.333. The molecule has 1 rings (SSSR count). The van der Waals surface area contributed by atoms with Crippen LogP contribution >= 0.6 is 0 Å². The summed E-state index contributed by atoms with van der Waals surface area (Å²) in [5.74, 6) is 0. The van der Waals surface area contributed by atoms with Crippen molar-refractivity contribution >= 4 is 21.2 Å². The fourth-order valence-corrected chi connectivity index (χ4v) is 1.45. The van der Waals surface area contributed by atoms with Gasteiger partial charge in [-0.2, -0.15) is 0 Å². The van der Waals surface area contributed by atoms with E-state index in [1.165, 1.54) is 21.0 Å². The Labute approximate surface area is 76.6 Å². The van der Waals surface area contributed by atoms with Crippen LogP contribution in [0.5, 0.6) is 0 Å². The summed E-state index contributed by atoms with van der Waals surface area (Å²) < 4.78 is 1.33. The van der Waals surface area contributed by atoms with Gasteiger partial charge < -0.3 is 5.48 Å². The van der Waals surface area contributed by atoms with Gasteiger partial charge in [-0.3, -0.25) is 0 Å². The van der Waals surface area contributed by atoms with Gasteiger partial charge in [0.05, 0.1) is 0 Å². The maximum atomic E-state index is 2.60. The Morgan fingerprint density at radius 2 is 1.55 bits per heavy atom. The van der Waals surface area contributed by atoms with Crippen LogP contribution in [0.2, 0.25) is 0 Å². The standard InChI is InChI=1S/C9H11As.H2O/c1-6-4-5-9(10)8(3)7(6)2;/h4-5H,1-3H3;1H2. The molecular weight excluding hydrogens is 199 g/mol. The van der Waals surface area contributed by atoms with E-state index in [4.69, 9.17) is 0 Å². The number of rotatable bonds is 0. The molecular formula is C9H13AsO. The van der Waals surface area contributed by atoms with E-state index in [1.54, 1.807) is 0 Å². The van der Waals surface area contributed by atoms with Gasteiger partial charge in [0.2, 0.25) is 0 Å². The summed E-state index contributed by atoms with van der Waals surface area (Å²) in [4.78, 5) is 0. The summed E-state index contributed by atoms with van der Waals surface area (Å²) in [6.45, 7) is 6.48. The second-order valence-electron chi connectivity index (χ2n) is 2.65. The Morgan fingerprint density at radius 3 is 2.00 bits per heavy atom. The predicted molar refractivity (Wildman–Crippen MR) is 49.7 cm³/mol. The van der Waals surface area contributed by atoms with Crippen LogP contribution in [0.15, 0.2) is 12.1 Å². The van der Waals surface area contributed by atoms with Crippen LogP contribution in [-0.4, -0.2) is 22.3 Å². The van der Waals surface area contributed by atoms with Crippen LogP contribution in [-0.2, 0) is 0 Å². The van der Waals surface area contributed by atoms with Crippen LogP contribution < -0.4 is 4.35 Å². The minimum atomic E-state index is 0. The van der Waals surface area contributed by atoms with Gasteiger partial charge in [-0.05, 0) is 0 Å². The first-order chi connectivity index (χ1) is 4.63.